The molecule has 1 heterocycles. The number of allylic oxidation sites excluding steroid dienone is 1. The van der Waals surface area contributed by atoms with E-state index in [1.807, 2.05) is 37.3 Å². The summed E-state index contributed by atoms with van der Waals surface area (Å²) in [6.45, 7) is 9.55. The van der Waals surface area contributed by atoms with Crippen molar-refractivity contribution in [1.29, 1.82) is 0 Å². The Morgan fingerprint density at radius 1 is 1.10 bits per heavy atom. The van der Waals surface area contributed by atoms with Crippen molar-refractivity contribution in [3.63, 3.8) is 0 Å². The summed E-state index contributed by atoms with van der Waals surface area (Å²) < 4.78 is 13.2. The topological polar surface area (TPSA) is 53.4 Å². The number of hydrogen-bond acceptors (Lipinski definition) is 4. The average Bonchev–Trinajstić information content (AvgIpc) is 3.25. The van der Waals surface area contributed by atoms with Crippen molar-refractivity contribution in [2.24, 2.45) is 0 Å². The first-order valence-electron chi connectivity index (χ1n) is 10.5. The molecule has 0 aliphatic carbocycles. The highest BCUT2D eigenvalue weighted by Gasteiger charge is 2.13. The molecule has 162 valence electrons. The van der Waals surface area contributed by atoms with Gasteiger partial charge in [0, 0.05) is 18.3 Å². The minimum absolute atomic E-state index is 0.0769. The Morgan fingerprint density at radius 2 is 1.84 bits per heavy atom. The molecule has 0 bridgehead atoms. The average molecular weight is 419 g/mol. The van der Waals surface area contributed by atoms with Crippen molar-refractivity contribution in [1.82, 2.24) is 9.78 Å². The van der Waals surface area contributed by atoms with E-state index < -0.39 is 0 Å². The second-order valence-corrected chi connectivity index (χ2v) is 8.36. The van der Waals surface area contributed by atoms with Crippen LogP contribution in [0.25, 0.3) is 6.08 Å². The predicted molar refractivity (Wildman–Crippen MR) is 124 cm³/mol. The van der Waals surface area contributed by atoms with E-state index in [9.17, 15) is 4.79 Å². The zero-order valence-electron chi connectivity index (χ0n) is 18.9. The molecular weight excluding hydrogens is 388 g/mol. The van der Waals surface area contributed by atoms with E-state index in [1.165, 1.54) is 5.56 Å². The van der Waals surface area contributed by atoms with Crippen LogP contribution in [0.3, 0.4) is 0 Å². The van der Waals surface area contributed by atoms with E-state index in [0.29, 0.717) is 18.8 Å². The third-order valence-corrected chi connectivity index (χ3v) is 5.11. The van der Waals surface area contributed by atoms with Crippen LogP contribution in [0.5, 0.6) is 11.5 Å². The van der Waals surface area contributed by atoms with Gasteiger partial charge in [-0.15, -0.1) is 0 Å². The van der Waals surface area contributed by atoms with Crippen molar-refractivity contribution in [3.05, 3.63) is 83.2 Å². The number of rotatable bonds is 8. The number of nitrogens with zero attached hydrogens (tertiary/aromatic N) is 2. The molecule has 5 nitrogen and oxygen atoms in total. The summed E-state index contributed by atoms with van der Waals surface area (Å²) in [5, 5.41) is 4.15. The van der Waals surface area contributed by atoms with Crippen molar-refractivity contribution < 1.29 is 14.3 Å². The Labute approximate surface area is 184 Å². The van der Waals surface area contributed by atoms with Crippen molar-refractivity contribution in [2.45, 2.75) is 46.3 Å². The molecule has 0 aliphatic heterocycles. The molecule has 5 heteroatoms. The van der Waals surface area contributed by atoms with Crippen LogP contribution in [0.1, 0.15) is 54.9 Å². The molecule has 31 heavy (non-hydrogen) atoms. The summed E-state index contributed by atoms with van der Waals surface area (Å²) in [4.78, 5) is 12.5. The largest absolute Gasteiger partial charge is 0.496 e. The Bertz CT molecular complexity index is 1060. The lowest BCUT2D eigenvalue weighted by atomic mass is 9.87. The van der Waals surface area contributed by atoms with Gasteiger partial charge >= 0.3 is 0 Å². The molecule has 0 aliphatic rings. The van der Waals surface area contributed by atoms with Gasteiger partial charge in [-0.05, 0) is 59.9 Å². The molecular formula is C26H30N2O3. The molecule has 0 atom stereocenters. The van der Waals surface area contributed by atoms with Gasteiger partial charge in [0.15, 0.2) is 0 Å². The Kier molecular flexibility index (Phi) is 6.95. The molecule has 0 amide bonds. The van der Waals surface area contributed by atoms with Gasteiger partial charge in [0.05, 0.1) is 7.11 Å². The molecule has 2 aromatic carbocycles. The Hall–Kier alpha value is -3.34. The van der Waals surface area contributed by atoms with Crippen molar-refractivity contribution in [2.75, 3.05) is 7.11 Å². The van der Waals surface area contributed by atoms with Gasteiger partial charge in [0.1, 0.15) is 23.8 Å². The fourth-order valence-corrected chi connectivity index (χ4v) is 3.28. The minimum Gasteiger partial charge on any atom is -0.496 e. The van der Waals surface area contributed by atoms with E-state index in [1.54, 1.807) is 36.2 Å². The summed E-state index contributed by atoms with van der Waals surface area (Å²) >= 11 is 0. The highest BCUT2D eigenvalue weighted by molar-refractivity contribution is 6.05. The standard InChI is InChI=1S/C26H30N2O3/c1-6-28-23(15-16-27-28)24(29)13-7-19-8-14-25(30-5)20(17-19)18-31-22-11-9-21(10-12-22)26(2,3)4/h7-17H,6,18H2,1-5H3/b13-7+. The zero-order chi connectivity index (χ0) is 22.4. The first kappa shape index (κ1) is 22.3. The van der Waals surface area contributed by atoms with Crippen LogP contribution in [0, 0.1) is 0 Å². The first-order chi connectivity index (χ1) is 14.8. The van der Waals surface area contributed by atoms with Crippen LogP contribution in [0.4, 0.5) is 0 Å². The maximum atomic E-state index is 12.5. The lowest BCUT2D eigenvalue weighted by Gasteiger charge is -2.19. The summed E-state index contributed by atoms with van der Waals surface area (Å²) in [7, 11) is 1.64. The van der Waals surface area contributed by atoms with Gasteiger partial charge in [-0.3, -0.25) is 9.48 Å². The molecule has 0 radical (unpaired) electrons. The van der Waals surface area contributed by atoms with Gasteiger partial charge in [0.25, 0.3) is 0 Å². The number of aromatic nitrogens is 2. The summed E-state index contributed by atoms with van der Waals surface area (Å²) in [6.07, 6.45) is 5.01. The third-order valence-electron chi connectivity index (χ3n) is 5.11. The number of carbonyl (C=O) groups is 1. The van der Waals surface area contributed by atoms with Gasteiger partial charge in [-0.1, -0.05) is 45.0 Å². The highest BCUT2D eigenvalue weighted by Crippen LogP contribution is 2.26. The van der Waals surface area contributed by atoms with Crippen LogP contribution in [0.15, 0.2) is 60.8 Å². The normalized spacial score (nSPS) is 11.6. The van der Waals surface area contributed by atoms with E-state index >= 15 is 0 Å². The van der Waals surface area contributed by atoms with Crippen LogP contribution in [-0.2, 0) is 18.6 Å². The fraction of sp³-hybridized carbons (Fsp3) is 0.308. The summed E-state index contributed by atoms with van der Waals surface area (Å²) in [5.74, 6) is 1.48. The number of aryl methyl sites for hydroxylation is 1. The molecule has 3 aromatic rings. The monoisotopic (exact) mass is 418 g/mol. The molecule has 0 N–H and O–H groups in total. The number of carbonyl (C=O) groups excluding carboxylic acids is 1. The summed E-state index contributed by atoms with van der Waals surface area (Å²) in [5.41, 5.74) is 3.76. The molecule has 0 saturated heterocycles. The predicted octanol–water partition coefficient (Wildman–Crippen LogP) is 5.68. The maximum absolute atomic E-state index is 12.5. The van der Waals surface area contributed by atoms with Gasteiger partial charge < -0.3 is 9.47 Å². The maximum Gasteiger partial charge on any atom is 0.203 e. The van der Waals surface area contributed by atoms with Crippen molar-refractivity contribution in [3.8, 4) is 11.5 Å². The highest BCUT2D eigenvalue weighted by atomic mass is 16.5. The lowest BCUT2D eigenvalue weighted by molar-refractivity contribution is 0.103. The fourth-order valence-electron chi connectivity index (χ4n) is 3.28. The van der Waals surface area contributed by atoms with Crippen LogP contribution >= 0.6 is 0 Å². The third kappa shape index (κ3) is 5.63. The van der Waals surface area contributed by atoms with Crippen molar-refractivity contribution >= 4 is 11.9 Å². The number of ketones is 1. The van der Waals surface area contributed by atoms with Crippen LogP contribution in [-0.4, -0.2) is 22.7 Å². The number of benzene rings is 2. The van der Waals surface area contributed by atoms with Crippen LogP contribution in [0.2, 0.25) is 0 Å². The molecule has 0 spiro atoms. The minimum atomic E-state index is -0.0769. The van der Waals surface area contributed by atoms with E-state index in [2.05, 4.69) is 38.0 Å². The number of methoxy groups -OCH3 is 1. The Balaban J connectivity index is 1.72. The SMILES string of the molecule is CCn1nccc1C(=O)/C=C/c1ccc(OC)c(COc2ccc(C(C)(C)C)cc2)c1. The molecule has 0 saturated carbocycles. The number of hydrogen-bond donors (Lipinski definition) is 0. The second kappa shape index (κ2) is 9.65. The van der Waals surface area contributed by atoms with Crippen LogP contribution < -0.4 is 9.47 Å². The lowest BCUT2D eigenvalue weighted by Crippen LogP contribution is -2.10. The molecule has 0 fully saturated rings. The molecule has 0 unspecified atom stereocenters. The van der Waals surface area contributed by atoms with Gasteiger partial charge in [0.2, 0.25) is 5.78 Å². The first-order valence-corrected chi connectivity index (χ1v) is 10.5. The van der Waals surface area contributed by atoms with Gasteiger partial charge in [-0.2, -0.15) is 5.10 Å². The van der Waals surface area contributed by atoms with Gasteiger partial charge in [-0.25, -0.2) is 0 Å². The zero-order valence-corrected chi connectivity index (χ0v) is 18.9. The van der Waals surface area contributed by atoms with E-state index in [-0.39, 0.29) is 11.2 Å². The quantitative estimate of drug-likeness (QED) is 0.349. The Morgan fingerprint density at radius 3 is 2.48 bits per heavy atom. The molecule has 1 aromatic heterocycles. The van der Waals surface area contributed by atoms with E-state index in [4.69, 9.17) is 9.47 Å². The molecule has 3 rings (SSSR count). The van der Waals surface area contributed by atoms with E-state index in [0.717, 1.165) is 22.6 Å². The smallest absolute Gasteiger partial charge is 0.203 e. The summed E-state index contributed by atoms with van der Waals surface area (Å²) in [6, 6.07) is 15.7. The second-order valence-electron chi connectivity index (χ2n) is 8.36. The number of ether oxygens (including phenoxy) is 2.